The maximum Gasteiger partial charge on any atom is 0.126 e. The Bertz CT molecular complexity index is 426. The van der Waals surface area contributed by atoms with Crippen LogP contribution in [-0.4, -0.2) is 0 Å². The molecule has 88 valence electrons. The molecule has 0 radical (unpaired) electrons. The summed E-state index contributed by atoms with van der Waals surface area (Å²) >= 11 is 0. The van der Waals surface area contributed by atoms with Crippen molar-refractivity contribution in [2.75, 3.05) is 0 Å². The van der Waals surface area contributed by atoms with E-state index in [4.69, 9.17) is 4.42 Å². The van der Waals surface area contributed by atoms with Gasteiger partial charge >= 0.3 is 0 Å². The lowest BCUT2D eigenvalue weighted by Gasteiger charge is -1.99. The fourth-order valence-electron chi connectivity index (χ4n) is 1.82. The summed E-state index contributed by atoms with van der Waals surface area (Å²) in [6.07, 6.45) is 10.7. The number of allylic oxidation sites excluding steroid dienone is 1. The third-order valence-electron chi connectivity index (χ3n) is 2.75. The minimum atomic E-state index is 0.938. The van der Waals surface area contributed by atoms with Crippen molar-refractivity contribution in [3.8, 4) is 0 Å². The number of unbranched alkanes of at least 4 members (excludes halogenated alkanes) is 2. The predicted molar refractivity (Wildman–Crippen MR) is 71.7 cm³/mol. The van der Waals surface area contributed by atoms with Crippen LogP contribution in [0.4, 0.5) is 0 Å². The second-order valence-electron chi connectivity index (χ2n) is 4.15. The van der Waals surface area contributed by atoms with E-state index in [2.05, 4.69) is 36.4 Å². The van der Waals surface area contributed by atoms with E-state index in [-0.39, 0.29) is 0 Å². The normalized spacial score (nSPS) is 11.1. The monoisotopic (exact) mass is 226 g/mol. The molecule has 1 aromatic heterocycles. The molecule has 0 atom stereocenters. The molecule has 2 aromatic rings. The summed E-state index contributed by atoms with van der Waals surface area (Å²) in [5, 5.41) is 0. The molecule has 2 rings (SSSR count). The Morgan fingerprint density at radius 3 is 2.59 bits per heavy atom. The van der Waals surface area contributed by atoms with Crippen molar-refractivity contribution >= 4 is 6.08 Å². The largest absolute Gasteiger partial charge is 0.465 e. The van der Waals surface area contributed by atoms with E-state index in [0.717, 1.165) is 12.2 Å². The molecule has 0 aliphatic carbocycles. The molecule has 1 nitrogen and oxygen atoms in total. The van der Waals surface area contributed by atoms with Gasteiger partial charge in [-0.2, -0.15) is 0 Å². The molecule has 0 N–H and O–H groups in total. The Labute approximate surface area is 103 Å². The van der Waals surface area contributed by atoms with Gasteiger partial charge in [0.2, 0.25) is 0 Å². The second-order valence-corrected chi connectivity index (χ2v) is 4.15. The maximum absolute atomic E-state index is 5.22. The van der Waals surface area contributed by atoms with Crippen LogP contribution in [0.3, 0.4) is 0 Å². The first-order chi connectivity index (χ1) is 8.45. The Morgan fingerprint density at radius 1 is 0.941 bits per heavy atom. The van der Waals surface area contributed by atoms with Crippen LogP contribution in [0.5, 0.6) is 0 Å². The third kappa shape index (κ3) is 4.31. The van der Waals surface area contributed by atoms with Crippen LogP contribution >= 0.6 is 0 Å². The zero-order valence-corrected chi connectivity index (χ0v) is 10.0. The number of rotatable bonds is 6. The first kappa shape index (κ1) is 11.7. The highest BCUT2D eigenvalue weighted by Gasteiger charge is 1.91. The van der Waals surface area contributed by atoms with Crippen molar-refractivity contribution in [2.24, 2.45) is 0 Å². The van der Waals surface area contributed by atoms with E-state index in [1.54, 1.807) is 6.26 Å². The van der Waals surface area contributed by atoms with E-state index in [9.17, 15) is 0 Å². The van der Waals surface area contributed by atoms with Gasteiger partial charge in [0.05, 0.1) is 6.26 Å². The van der Waals surface area contributed by atoms with Gasteiger partial charge in [-0.25, -0.2) is 0 Å². The maximum atomic E-state index is 5.22. The van der Waals surface area contributed by atoms with Gasteiger partial charge in [-0.3, -0.25) is 0 Å². The quantitative estimate of drug-likeness (QED) is 0.650. The highest BCUT2D eigenvalue weighted by atomic mass is 16.3. The average Bonchev–Trinajstić information content (AvgIpc) is 2.88. The fraction of sp³-hybridized carbons (Fsp3) is 0.250. The van der Waals surface area contributed by atoms with Crippen molar-refractivity contribution < 1.29 is 4.42 Å². The highest BCUT2D eigenvalue weighted by Crippen LogP contribution is 2.08. The summed E-state index contributed by atoms with van der Waals surface area (Å²) < 4.78 is 5.22. The number of aryl methyl sites for hydroxylation is 1. The molecule has 1 heteroatoms. The van der Waals surface area contributed by atoms with Gasteiger partial charge in [0.15, 0.2) is 0 Å². The Morgan fingerprint density at radius 2 is 1.82 bits per heavy atom. The van der Waals surface area contributed by atoms with Gasteiger partial charge < -0.3 is 4.42 Å². The minimum absolute atomic E-state index is 0.938. The molecule has 0 aliphatic rings. The van der Waals surface area contributed by atoms with E-state index < -0.39 is 0 Å². The van der Waals surface area contributed by atoms with E-state index in [1.165, 1.54) is 24.8 Å². The lowest BCUT2D eigenvalue weighted by Crippen LogP contribution is -1.83. The summed E-state index contributed by atoms with van der Waals surface area (Å²) in [5.74, 6) is 0.938. The fourth-order valence-corrected chi connectivity index (χ4v) is 1.82. The van der Waals surface area contributed by atoms with Crippen molar-refractivity contribution in [1.29, 1.82) is 0 Å². The zero-order valence-electron chi connectivity index (χ0n) is 10.0. The van der Waals surface area contributed by atoms with Crippen LogP contribution in [0.1, 0.15) is 30.6 Å². The van der Waals surface area contributed by atoms with Gasteiger partial charge in [-0.1, -0.05) is 36.4 Å². The van der Waals surface area contributed by atoms with Gasteiger partial charge in [-0.15, -0.1) is 0 Å². The highest BCUT2D eigenvalue weighted by molar-refractivity contribution is 5.41. The first-order valence-electron chi connectivity index (χ1n) is 6.19. The summed E-state index contributed by atoms with van der Waals surface area (Å²) in [7, 11) is 0. The SMILES string of the molecule is C(=Cc1ccco1)CCCCc1ccccc1. The first-order valence-corrected chi connectivity index (χ1v) is 6.19. The van der Waals surface area contributed by atoms with E-state index >= 15 is 0 Å². The molecule has 0 unspecified atom stereocenters. The second kappa shape index (κ2) is 6.74. The van der Waals surface area contributed by atoms with Crippen LogP contribution in [0.2, 0.25) is 0 Å². The third-order valence-corrected chi connectivity index (χ3v) is 2.75. The van der Waals surface area contributed by atoms with Crippen LogP contribution in [0, 0.1) is 0 Å². The molecule has 0 aliphatic heterocycles. The van der Waals surface area contributed by atoms with Gasteiger partial charge in [-0.05, 0) is 49.5 Å². The van der Waals surface area contributed by atoms with Gasteiger partial charge in [0.25, 0.3) is 0 Å². The molecule has 0 fully saturated rings. The summed E-state index contributed by atoms with van der Waals surface area (Å²) in [6, 6.07) is 14.5. The molecule has 0 amide bonds. The standard InChI is InChI=1S/C16H18O/c1(2-7-12-16-13-8-14-17-16)4-9-15-10-5-3-6-11-15/h3,5-8,10-14H,1-2,4,9H2. The smallest absolute Gasteiger partial charge is 0.126 e. The molecule has 1 aromatic carbocycles. The van der Waals surface area contributed by atoms with Crippen molar-refractivity contribution in [3.05, 3.63) is 66.1 Å². The average molecular weight is 226 g/mol. The number of benzene rings is 1. The summed E-state index contributed by atoms with van der Waals surface area (Å²) in [5.41, 5.74) is 1.43. The molecule has 1 heterocycles. The molecule has 0 bridgehead atoms. The molecule has 17 heavy (non-hydrogen) atoms. The predicted octanol–water partition coefficient (Wildman–Crippen LogP) is 4.71. The van der Waals surface area contributed by atoms with Gasteiger partial charge in [0.1, 0.15) is 5.76 Å². The molecule has 0 saturated carbocycles. The van der Waals surface area contributed by atoms with Gasteiger partial charge in [0, 0.05) is 0 Å². The van der Waals surface area contributed by atoms with E-state index in [1.807, 2.05) is 18.2 Å². The van der Waals surface area contributed by atoms with E-state index in [0.29, 0.717) is 0 Å². The number of hydrogen-bond donors (Lipinski definition) is 0. The summed E-state index contributed by atoms with van der Waals surface area (Å²) in [6.45, 7) is 0. The topological polar surface area (TPSA) is 13.1 Å². The van der Waals surface area contributed by atoms with Crippen molar-refractivity contribution in [3.63, 3.8) is 0 Å². The van der Waals surface area contributed by atoms with Crippen LogP contribution < -0.4 is 0 Å². The van der Waals surface area contributed by atoms with Crippen molar-refractivity contribution in [2.45, 2.75) is 25.7 Å². The van der Waals surface area contributed by atoms with Crippen LogP contribution in [-0.2, 0) is 6.42 Å². The molecule has 0 spiro atoms. The Balaban J connectivity index is 1.61. The zero-order chi connectivity index (χ0) is 11.8. The lowest BCUT2D eigenvalue weighted by molar-refractivity contribution is 0.556. The molecular formula is C16H18O. The van der Waals surface area contributed by atoms with Crippen LogP contribution in [0.15, 0.2) is 59.2 Å². The Hall–Kier alpha value is -1.76. The summed E-state index contributed by atoms with van der Waals surface area (Å²) in [4.78, 5) is 0. The number of hydrogen-bond acceptors (Lipinski definition) is 1. The van der Waals surface area contributed by atoms with Crippen LogP contribution in [0.25, 0.3) is 6.08 Å². The minimum Gasteiger partial charge on any atom is -0.465 e. The Kier molecular flexibility index (Phi) is 4.65. The van der Waals surface area contributed by atoms with Crippen molar-refractivity contribution in [1.82, 2.24) is 0 Å². The molecule has 0 saturated heterocycles. The molecular weight excluding hydrogens is 208 g/mol. The number of furan rings is 1. The lowest BCUT2D eigenvalue weighted by atomic mass is 10.1.